The van der Waals surface area contributed by atoms with E-state index in [4.69, 9.17) is 11.8 Å². The number of hydrogen-bond donors (Lipinski definition) is 2. The molecule has 0 spiro atoms. The molecule has 1 rings (SSSR count). The number of carboxylic acids is 1. The third kappa shape index (κ3) is 44.0. The van der Waals surface area contributed by atoms with Gasteiger partial charge in [0.15, 0.2) is 0 Å². The molecule has 2 N–H and O–H groups in total. The number of carboxylic acid groups (broad SMARTS) is 1. The van der Waals surface area contributed by atoms with E-state index in [9.17, 15) is 14.4 Å². The maximum Gasteiger partial charge on any atom is 0 e. The Balaban J connectivity index is -0.0000000325. The van der Waals surface area contributed by atoms with E-state index in [1.807, 2.05) is 13.0 Å². The van der Waals surface area contributed by atoms with Crippen molar-refractivity contribution in [1.82, 2.24) is 10.2 Å². The molecule has 3 unspecified atom stereocenters. The van der Waals surface area contributed by atoms with Gasteiger partial charge in [0, 0.05) is 326 Å². The van der Waals surface area contributed by atoms with E-state index in [0.29, 0.717) is 0 Å². The molecule has 0 aromatic carbocycles. The van der Waals surface area contributed by atoms with Crippen LogP contribution in [-0.2, 0) is 348 Å². The molecule has 0 aliphatic carbocycles. The fourth-order valence-corrected chi connectivity index (χ4v) is 3.83. The van der Waals surface area contributed by atoms with E-state index in [1.54, 1.807) is 24.8 Å². The fourth-order valence-electron chi connectivity index (χ4n) is 2.58. The summed E-state index contributed by atoms with van der Waals surface area (Å²) in [7, 11) is 0. The second kappa shape index (κ2) is 60.6. The summed E-state index contributed by atoms with van der Waals surface area (Å²) in [5.74, 6) is -2.37. The molecular weight excluding hydrogens is 3510 g/mol. The van der Waals surface area contributed by atoms with Crippen molar-refractivity contribution in [3.05, 3.63) is 23.9 Å². The van der Waals surface area contributed by atoms with Crippen molar-refractivity contribution in [3.8, 4) is 0 Å². The second-order valence-electron chi connectivity index (χ2n) is 6.23. The molecule has 1 saturated heterocycles. The molecule has 2 amide bonds. The molecule has 0 bridgehead atoms. The van der Waals surface area contributed by atoms with Crippen molar-refractivity contribution in [3.63, 3.8) is 0 Å². The smallest absolute Gasteiger partial charge is 0 e. The van der Waals surface area contributed by atoms with Gasteiger partial charge in [-0.05, 0) is 0 Å². The van der Waals surface area contributed by atoms with E-state index >= 15 is 0 Å². The van der Waals surface area contributed by atoms with Crippen LogP contribution in [0.1, 0.15) is 34.6 Å². The van der Waals surface area contributed by atoms with Gasteiger partial charge < -0.3 is 0 Å². The van der Waals surface area contributed by atoms with Crippen LogP contribution in [0.15, 0.2) is 22.7 Å². The minimum absolute atomic E-state index is 0. The maximum atomic E-state index is 12.6. The minimum Gasteiger partial charge on any atom is 0 e. The quantitative estimate of drug-likeness (QED) is 0.204. The first-order valence-electron chi connectivity index (χ1n) is 8.17. The third-order valence-corrected chi connectivity index (χ3v) is 6.14. The summed E-state index contributed by atoms with van der Waals surface area (Å²) in [4.78, 5) is 40.8. The summed E-state index contributed by atoms with van der Waals surface area (Å²) >= 11 is 2.36. The number of aliphatic imine (C=N–C) groups is 1. The average Bonchev–Trinajstić information content (AvgIpc) is 2.86. The van der Waals surface area contributed by atoms with Crippen molar-refractivity contribution >= 4 is 32.4 Å². The van der Waals surface area contributed by atoms with Gasteiger partial charge in [-0.1, -0.05) is 7.43 Å². The standard InChI is InChI=1S/C18H21N3O4.CH4.U.16W/c1-5-14(10-19-4)7-6-8-21-11-15(13(3)18(21)25)17(24)20-12(2)9-16(22)23;;;;;;;;;;;;;;;;;;/h4,6-7,12-13,15H,9,11H2,1-3H3,(H,20,24)(H,22,23);1H4;;;;;;;;;;;;;;;;;/q-2;;;;;;;;;;;;;;;;;;. The van der Waals surface area contributed by atoms with Crippen LogP contribution in [-0.4, -0.2) is 55.0 Å². The number of allylic oxidation sites excluding steroid dienone is 2. The van der Waals surface area contributed by atoms with Gasteiger partial charge in [-0.25, -0.2) is 0 Å². The molecule has 3 atom stereocenters. The third-order valence-electron chi connectivity index (χ3n) is 4.07. The molecular formula is C19H25N3O4UW16-2. The molecule has 1 fully saturated rings. The van der Waals surface area contributed by atoms with Crippen molar-refractivity contribution in [2.24, 2.45) is 16.8 Å². The summed E-state index contributed by atoms with van der Waals surface area (Å²) in [6.07, 6.45) is 6.17. The van der Waals surface area contributed by atoms with Gasteiger partial charge in [-0.3, -0.25) is 0 Å². The van der Waals surface area contributed by atoms with E-state index < -0.39 is 23.8 Å². The van der Waals surface area contributed by atoms with Gasteiger partial charge in [-0.15, -0.1) is 0 Å². The molecule has 7 nitrogen and oxygen atoms in total. The summed E-state index contributed by atoms with van der Waals surface area (Å²) in [6.45, 7) is 10.7. The van der Waals surface area contributed by atoms with Gasteiger partial charge in [0.1, 0.15) is 0 Å². The summed E-state index contributed by atoms with van der Waals surface area (Å²) in [5.41, 5.74) is 0.766. The first kappa shape index (κ1) is 104. The molecule has 24 heteroatoms. The number of amides is 2. The first-order chi connectivity index (χ1) is 12.6. The number of nitrogens with zero attached hydrogens (tertiary/aromatic N) is 2. The Morgan fingerprint density at radius 1 is 1.00 bits per heavy atom. The predicted molar refractivity (Wildman–Crippen MR) is 101 cm³/mol. The Morgan fingerprint density at radius 2 is 1.40 bits per heavy atom. The molecule has 0 saturated carbocycles. The number of nitrogens with one attached hydrogen (secondary N) is 1. The Morgan fingerprint density at radius 3 is 1.72 bits per heavy atom. The summed E-state index contributed by atoms with van der Waals surface area (Å²) in [6, 6.07) is -0.490. The van der Waals surface area contributed by atoms with E-state index in [-0.39, 0.29) is 358 Å². The van der Waals surface area contributed by atoms with Gasteiger partial charge in [0.05, 0.1) is 0 Å². The van der Waals surface area contributed by atoms with Crippen LogP contribution in [0.2, 0.25) is 0 Å². The van der Waals surface area contributed by atoms with Crippen LogP contribution >= 0.6 is 0 Å². The molecule has 1 aliphatic heterocycles. The van der Waals surface area contributed by atoms with Crippen LogP contribution in [0, 0.1) is 49.1 Å². The Bertz CT molecular complexity index is 767. The fraction of sp³-hybridized carbons (Fsp3) is 0.474. The van der Waals surface area contributed by atoms with E-state index in [2.05, 4.69) is 16.5 Å². The molecule has 0 aromatic heterocycles. The van der Waals surface area contributed by atoms with Crippen molar-refractivity contribution in [1.29, 1.82) is 0 Å². The van der Waals surface area contributed by atoms with E-state index in [1.165, 1.54) is 19.4 Å². The Hall–Kier alpha value is 9.36. The number of carbonyl (C=O) groups excluding carboxylic acids is 2. The number of likely N-dealkylation sites (tertiary alicyclic amines) is 1. The normalized spacial score (nSPS) is 13.3. The van der Waals surface area contributed by atoms with Crippen LogP contribution < -0.4 is 5.32 Å². The van der Waals surface area contributed by atoms with Gasteiger partial charge >= 0.3 is 181 Å². The maximum absolute atomic E-state index is 12.6. The Labute approximate surface area is 503 Å². The van der Waals surface area contributed by atoms with Crippen LogP contribution in [0.5, 0.6) is 0 Å². The van der Waals surface area contributed by atoms with Crippen molar-refractivity contribution < 1.29 is 384 Å². The average molecular weight is 3540 g/mol. The van der Waals surface area contributed by atoms with Crippen molar-refractivity contribution in [2.45, 2.75) is 40.7 Å². The molecule has 242 valence electrons. The second-order valence-corrected chi connectivity index (χ2v) is 9.94. The largest absolute Gasteiger partial charge is 0 e. The minimum atomic E-state index is -0.979. The van der Waals surface area contributed by atoms with E-state index in [0.717, 1.165) is 32.8 Å². The molecule has 1 heterocycles. The first-order valence-corrected chi connectivity index (χ1v) is 11.1. The zero-order valence-electron chi connectivity index (χ0n) is 21.5. The molecule has 0 aromatic rings. The number of rotatable bonds is 9. The van der Waals surface area contributed by atoms with Crippen LogP contribution in [0.3, 0.4) is 0 Å². The zero-order chi connectivity index (χ0) is 20.7. The van der Waals surface area contributed by atoms with Gasteiger partial charge in [0.2, 0.25) is 0 Å². The molecule has 43 heavy (non-hydrogen) atoms. The van der Waals surface area contributed by atoms with Crippen molar-refractivity contribution in [2.75, 3.05) is 6.54 Å². The Kier molecular flexibility index (Phi) is 147. The number of aliphatic carboxylic acids is 1. The summed E-state index contributed by atoms with van der Waals surface area (Å²) in [5, 5.41) is 11.5. The zero-order valence-corrected chi connectivity index (χ0v) is 72.6. The van der Waals surface area contributed by atoms with Gasteiger partial charge in [-0.2, -0.15) is 0 Å². The monoisotopic (exact) mass is 3540 g/mol. The molecule has 0 radical (unpaired) electrons. The summed E-state index contributed by atoms with van der Waals surface area (Å²) < 4.78 is 1.85. The predicted octanol–water partition coefficient (Wildman–Crippen LogP) is 0.898. The molecule has 1 aliphatic rings. The van der Waals surface area contributed by atoms with Gasteiger partial charge in [0.25, 0.3) is 0 Å². The van der Waals surface area contributed by atoms with Crippen LogP contribution in [0.25, 0.3) is 0 Å². The van der Waals surface area contributed by atoms with Crippen LogP contribution in [0.4, 0.5) is 0 Å². The SMILES string of the molecule is C.[CH-]=N[C-]=C(C=C[C](=[W])N1CC(C(=O)NC(C)CC(=O)O)C(C)C1=O)[C](C)=[W].[U].[W].[W].[W].[W].[W].[W].[W].[W].[W].[W].[W].[W].[W].[W]. The number of hydrogen-bond acceptors (Lipinski definition) is 4. The topological polar surface area (TPSA) is 99.1 Å². The number of carbonyl (C=O) groups is 3.